The van der Waals surface area contributed by atoms with Crippen LogP contribution in [0.25, 0.3) is 0 Å². The average molecular weight is 361 g/mol. The maximum Gasteiger partial charge on any atom is 0.321 e. The molecule has 0 bridgehead atoms. The molecule has 0 unspecified atom stereocenters. The predicted molar refractivity (Wildman–Crippen MR) is 79.0 cm³/mol. The normalized spacial score (nSPS) is 13.3. The van der Waals surface area contributed by atoms with E-state index in [1.807, 2.05) is 0 Å². The molecule has 0 spiro atoms. The molecular formula is C10H14Cl2N2O4S2. The van der Waals surface area contributed by atoms with Crippen molar-refractivity contribution in [3.05, 3.63) is 14.7 Å². The number of rotatable bonds is 8. The highest BCUT2D eigenvalue weighted by Gasteiger charge is 2.27. The van der Waals surface area contributed by atoms with Crippen molar-refractivity contribution in [1.29, 1.82) is 0 Å². The van der Waals surface area contributed by atoms with Gasteiger partial charge in [-0.25, -0.2) is 8.42 Å². The molecule has 1 rings (SSSR count). The fraction of sp³-hybridized carbons (Fsp3) is 0.500. The topological polar surface area (TPSA) is 109 Å². The molecule has 1 aromatic rings. The molecule has 6 nitrogen and oxygen atoms in total. The molecule has 0 aliphatic carbocycles. The fourth-order valence-electron chi connectivity index (χ4n) is 1.48. The van der Waals surface area contributed by atoms with E-state index in [9.17, 15) is 13.2 Å². The summed E-state index contributed by atoms with van der Waals surface area (Å²) in [5.41, 5.74) is 5.31. The molecular weight excluding hydrogens is 347 g/mol. The van der Waals surface area contributed by atoms with Crippen molar-refractivity contribution < 1.29 is 18.3 Å². The second kappa shape index (κ2) is 7.58. The third-order valence-corrected chi connectivity index (χ3v) is 5.68. The second-order valence-electron chi connectivity index (χ2n) is 3.99. The number of nitrogens with one attached hydrogen (secondary N) is 1. The summed E-state index contributed by atoms with van der Waals surface area (Å²) in [5.74, 6) is -1.25. The predicted octanol–water partition coefficient (Wildman–Crippen LogP) is 1.92. The maximum absolute atomic E-state index is 12.1. The van der Waals surface area contributed by atoms with E-state index in [2.05, 4.69) is 4.72 Å². The molecule has 0 aliphatic heterocycles. The Morgan fingerprint density at radius 2 is 2.10 bits per heavy atom. The number of hydrogen-bond donors (Lipinski definition) is 3. The number of sulfonamides is 1. The van der Waals surface area contributed by atoms with Crippen LogP contribution in [0.2, 0.25) is 8.67 Å². The largest absolute Gasteiger partial charge is 0.480 e. The molecule has 0 aromatic carbocycles. The highest BCUT2D eigenvalue weighted by Crippen LogP contribution is 2.34. The minimum absolute atomic E-state index is 0.00593. The zero-order valence-electron chi connectivity index (χ0n) is 10.3. The Kier molecular flexibility index (Phi) is 6.70. The first-order chi connectivity index (χ1) is 9.27. The van der Waals surface area contributed by atoms with E-state index in [-0.39, 0.29) is 20.0 Å². The third kappa shape index (κ3) is 4.87. The summed E-state index contributed by atoms with van der Waals surface area (Å²) < 4.78 is 26.5. The van der Waals surface area contributed by atoms with Crippen LogP contribution in [0.15, 0.2) is 11.0 Å². The van der Waals surface area contributed by atoms with Crippen LogP contribution in [0, 0.1) is 0 Å². The van der Waals surface area contributed by atoms with Crippen LogP contribution in [0.3, 0.4) is 0 Å². The number of thiophene rings is 1. The van der Waals surface area contributed by atoms with Crippen molar-refractivity contribution in [1.82, 2.24) is 4.72 Å². The molecule has 1 heterocycles. The van der Waals surface area contributed by atoms with Gasteiger partial charge in [0, 0.05) is 0 Å². The lowest BCUT2D eigenvalue weighted by Crippen LogP contribution is -2.40. The lowest BCUT2D eigenvalue weighted by molar-refractivity contribution is -0.139. The van der Waals surface area contributed by atoms with Crippen molar-refractivity contribution in [2.45, 2.75) is 30.2 Å². The van der Waals surface area contributed by atoms with Gasteiger partial charge in [0.15, 0.2) is 0 Å². The fourth-order valence-corrected chi connectivity index (χ4v) is 4.86. The zero-order valence-corrected chi connectivity index (χ0v) is 13.4. The Hall–Kier alpha value is -0.380. The summed E-state index contributed by atoms with van der Waals surface area (Å²) >= 11 is 12.4. The van der Waals surface area contributed by atoms with Crippen molar-refractivity contribution >= 4 is 50.5 Å². The Morgan fingerprint density at radius 3 is 2.55 bits per heavy atom. The van der Waals surface area contributed by atoms with Crippen LogP contribution >= 0.6 is 34.5 Å². The van der Waals surface area contributed by atoms with Crippen molar-refractivity contribution in [3.63, 3.8) is 0 Å². The van der Waals surface area contributed by atoms with Gasteiger partial charge in [-0.2, -0.15) is 4.72 Å². The van der Waals surface area contributed by atoms with Gasteiger partial charge in [-0.15, -0.1) is 11.3 Å². The monoisotopic (exact) mass is 360 g/mol. The SMILES string of the molecule is NCCCC[C@H](NS(=O)(=O)c1cc(Cl)sc1Cl)C(=O)O. The third-order valence-electron chi connectivity index (χ3n) is 2.46. The van der Waals surface area contributed by atoms with Gasteiger partial charge in [0.2, 0.25) is 10.0 Å². The van der Waals surface area contributed by atoms with Gasteiger partial charge in [0.05, 0.1) is 4.34 Å². The van der Waals surface area contributed by atoms with Gasteiger partial charge in [-0.05, 0) is 25.5 Å². The molecule has 0 saturated heterocycles. The number of unbranched alkanes of at least 4 members (excludes halogenated alkanes) is 1. The molecule has 20 heavy (non-hydrogen) atoms. The molecule has 0 saturated carbocycles. The van der Waals surface area contributed by atoms with Gasteiger partial charge in [0.1, 0.15) is 15.3 Å². The summed E-state index contributed by atoms with van der Waals surface area (Å²) in [4.78, 5) is 10.9. The standard InChI is InChI=1S/C10H14Cl2N2O4S2/c11-8-5-7(9(12)19-8)20(17,18)14-6(10(15)16)3-1-2-4-13/h5-6,14H,1-4,13H2,(H,15,16)/t6-/m0/s1. The van der Waals surface area contributed by atoms with Gasteiger partial charge in [-0.1, -0.05) is 29.6 Å². The molecule has 0 fully saturated rings. The van der Waals surface area contributed by atoms with Crippen LogP contribution in [0.4, 0.5) is 0 Å². The smallest absolute Gasteiger partial charge is 0.321 e. The van der Waals surface area contributed by atoms with Crippen LogP contribution in [-0.2, 0) is 14.8 Å². The highest BCUT2D eigenvalue weighted by molar-refractivity contribution is 7.89. The lowest BCUT2D eigenvalue weighted by Gasteiger charge is -2.14. The number of hydrogen-bond acceptors (Lipinski definition) is 5. The number of carboxylic acid groups (broad SMARTS) is 1. The van der Waals surface area contributed by atoms with Crippen molar-refractivity contribution in [2.75, 3.05) is 6.54 Å². The molecule has 0 aliphatic rings. The van der Waals surface area contributed by atoms with Crippen molar-refractivity contribution in [2.24, 2.45) is 5.73 Å². The quantitative estimate of drug-likeness (QED) is 0.613. The van der Waals surface area contributed by atoms with Crippen LogP contribution in [-0.4, -0.2) is 32.1 Å². The first-order valence-corrected chi connectivity index (χ1v) is 8.73. The van der Waals surface area contributed by atoms with Gasteiger partial charge in [-0.3, -0.25) is 4.79 Å². The van der Waals surface area contributed by atoms with Gasteiger partial charge in [0.25, 0.3) is 0 Å². The maximum atomic E-state index is 12.1. The Balaban J connectivity index is 2.86. The lowest BCUT2D eigenvalue weighted by atomic mass is 10.1. The zero-order chi connectivity index (χ0) is 15.3. The molecule has 114 valence electrons. The first kappa shape index (κ1) is 17.7. The summed E-state index contributed by atoms with van der Waals surface area (Å²) in [7, 11) is -4.02. The van der Waals surface area contributed by atoms with E-state index < -0.39 is 22.0 Å². The molecule has 0 amide bonds. The first-order valence-electron chi connectivity index (χ1n) is 5.68. The van der Waals surface area contributed by atoms with E-state index in [0.29, 0.717) is 19.4 Å². The molecule has 0 radical (unpaired) electrons. The number of nitrogens with two attached hydrogens (primary N) is 1. The Bertz CT molecular complexity index is 574. The van der Waals surface area contributed by atoms with Crippen LogP contribution in [0.1, 0.15) is 19.3 Å². The van der Waals surface area contributed by atoms with E-state index in [0.717, 1.165) is 11.3 Å². The highest BCUT2D eigenvalue weighted by atomic mass is 35.5. The summed E-state index contributed by atoms with van der Waals surface area (Å²) in [5, 5.41) is 9.04. The van der Waals surface area contributed by atoms with E-state index in [1.165, 1.54) is 6.07 Å². The molecule has 10 heteroatoms. The number of halogens is 2. The number of carbonyl (C=O) groups is 1. The molecule has 1 atom stereocenters. The second-order valence-corrected chi connectivity index (χ2v) is 7.95. The number of carboxylic acids is 1. The van der Waals surface area contributed by atoms with E-state index in [1.54, 1.807) is 0 Å². The van der Waals surface area contributed by atoms with Crippen LogP contribution < -0.4 is 10.5 Å². The molecule has 1 aromatic heterocycles. The molecule has 4 N–H and O–H groups in total. The summed E-state index contributed by atoms with van der Waals surface area (Å²) in [6, 6.07) is -0.0309. The van der Waals surface area contributed by atoms with Gasteiger partial charge < -0.3 is 10.8 Å². The summed E-state index contributed by atoms with van der Waals surface area (Å²) in [6.45, 7) is 0.422. The minimum Gasteiger partial charge on any atom is -0.480 e. The number of aliphatic carboxylic acids is 1. The Labute approximate surface area is 130 Å². The van der Waals surface area contributed by atoms with E-state index in [4.69, 9.17) is 34.0 Å². The summed E-state index contributed by atoms with van der Waals surface area (Å²) in [6.07, 6.45) is 1.28. The minimum atomic E-state index is -4.02. The van der Waals surface area contributed by atoms with Crippen LogP contribution in [0.5, 0.6) is 0 Å². The average Bonchev–Trinajstić information content (AvgIpc) is 2.68. The Morgan fingerprint density at radius 1 is 1.45 bits per heavy atom. The van der Waals surface area contributed by atoms with Crippen molar-refractivity contribution in [3.8, 4) is 0 Å². The van der Waals surface area contributed by atoms with E-state index >= 15 is 0 Å². The van der Waals surface area contributed by atoms with Gasteiger partial charge >= 0.3 is 5.97 Å².